The Hall–Kier alpha value is -4.27. The number of hydrogen-bond donors (Lipinski definition) is 2. The van der Waals surface area contributed by atoms with Crippen molar-refractivity contribution < 1.29 is 14.3 Å². The molecule has 0 bridgehead atoms. The van der Waals surface area contributed by atoms with Crippen molar-refractivity contribution in [2.75, 3.05) is 14.2 Å². The highest BCUT2D eigenvalue weighted by atomic mass is 16.5. The molecule has 4 aromatic rings. The number of amides is 2. The zero-order chi connectivity index (χ0) is 22.3. The quantitative estimate of drug-likeness (QED) is 0.446. The normalized spacial score (nSPS) is 10.6. The summed E-state index contributed by atoms with van der Waals surface area (Å²) in [6.07, 6.45) is 3.70. The van der Waals surface area contributed by atoms with E-state index in [-0.39, 0.29) is 6.03 Å². The van der Waals surface area contributed by atoms with Crippen molar-refractivity contribution in [1.82, 2.24) is 30.2 Å². The zero-order valence-corrected chi connectivity index (χ0v) is 17.9. The largest absolute Gasteiger partial charge is 0.497 e. The van der Waals surface area contributed by atoms with Crippen LogP contribution in [0.2, 0.25) is 0 Å². The number of hydrogen-bond acceptors (Lipinski definition) is 5. The maximum atomic E-state index is 12.2. The van der Waals surface area contributed by atoms with E-state index >= 15 is 0 Å². The Morgan fingerprint density at radius 1 is 0.719 bits per heavy atom. The highest BCUT2D eigenvalue weighted by Crippen LogP contribution is 2.15. The first kappa shape index (κ1) is 21.0. The lowest BCUT2D eigenvalue weighted by Crippen LogP contribution is -2.34. The third-order valence-electron chi connectivity index (χ3n) is 4.82. The van der Waals surface area contributed by atoms with Gasteiger partial charge in [0.2, 0.25) is 0 Å². The van der Waals surface area contributed by atoms with Crippen LogP contribution in [0.5, 0.6) is 11.5 Å². The van der Waals surface area contributed by atoms with Crippen molar-refractivity contribution in [3.05, 3.63) is 84.4 Å². The van der Waals surface area contributed by atoms with E-state index in [9.17, 15) is 4.79 Å². The Labute approximate surface area is 185 Å². The molecule has 9 heteroatoms. The van der Waals surface area contributed by atoms with Crippen molar-refractivity contribution in [3.8, 4) is 22.9 Å². The van der Waals surface area contributed by atoms with Gasteiger partial charge < -0.3 is 20.1 Å². The van der Waals surface area contributed by atoms with Crippen LogP contribution in [0.1, 0.15) is 11.4 Å². The van der Waals surface area contributed by atoms with Crippen LogP contribution < -0.4 is 20.1 Å². The van der Waals surface area contributed by atoms with Crippen molar-refractivity contribution in [1.29, 1.82) is 0 Å². The number of carbonyl (C=O) groups is 1. The fourth-order valence-electron chi connectivity index (χ4n) is 3.07. The predicted octanol–water partition coefficient (Wildman–Crippen LogP) is 3.07. The number of benzene rings is 2. The second-order valence-electron chi connectivity index (χ2n) is 6.94. The highest BCUT2D eigenvalue weighted by Gasteiger charge is 2.07. The molecule has 0 fully saturated rings. The first-order chi connectivity index (χ1) is 15.6. The van der Waals surface area contributed by atoms with Crippen molar-refractivity contribution in [2.24, 2.45) is 0 Å². The summed E-state index contributed by atoms with van der Waals surface area (Å²) >= 11 is 0. The molecule has 0 saturated carbocycles. The molecule has 2 heterocycles. The molecule has 9 nitrogen and oxygen atoms in total. The second kappa shape index (κ2) is 9.69. The van der Waals surface area contributed by atoms with Gasteiger partial charge in [0, 0.05) is 12.4 Å². The van der Waals surface area contributed by atoms with Crippen LogP contribution in [0.4, 0.5) is 4.79 Å². The van der Waals surface area contributed by atoms with Gasteiger partial charge in [-0.25, -0.2) is 14.2 Å². The van der Waals surface area contributed by atoms with Gasteiger partial charge in [-0.15, -0.1) is 0 Å². The van der Waals surface area contributed by atoms with E-state index in [2.05, 4.69) is 20.8 Å². The molecule has 164 valence electrons. The van der Waals surface area contributed by atoms with E-state index in [1.807, 2.05) is 73.1 Å². The lowest BCUT2D eigenvalue weighted by molar-refractivity contribution is 0.240. The SMILES string of the molecule is COc1ccc(-n2ccc(CNC(=O)NCc3ccn(-c4ccc(OC)cc4)n3)n2)cc1. The number of urea groups is 1. The van der Waals surface area contributed by atoms with E-state index in [4.69, 9.17) is 9.47 Å². The maximum absolute atomic E-state index is 12.2. The topological polar surface area (TPSA) is 95.2 Å². The molecule has 2 N–H and O–H groups in total. The van der Waals surface area contributed by atoms with Gasteiger partial charge in [-0.3, -0.25) is 0 Å². The predicted molar refractivity (Wildman–Crippen MR) is 119 cm³/mol. The van der Waals surface area contributed by atoms with Crippen molar-refractivity contribution >= 4 is 6.03 Å². The van der Waals surface area contributed by atoms with Gasteiger partial charge in [0.15, 0.2) is 0 Å². The van der Waals surface area contributed by atoms with Gasteiger partial charge in [0.25, 0.3) is 0 Å². The van der Waals surface area contributed by atoms with Crippen LogP contribution in [-0.4, -0.2) is 39.8 Å². The Kier molecular flexibility index (Phi) is 6.35. The summed E-state index contributed by atoms with van der Waals surface area (Å²) in [5.74, 6) is 1.57. The molecule has 0 saturated heterocycles. The van der Waals surface area contributed by atoms with Crippen LogP contribution >= 0.6 is 0 Å². The number of nitrogens with one attached hydrogen (secondary N) is 2. The van der Waals surface area contributed by atoms with Gasteiger partial charge in [-0.2, -0.15) is 10.2 Å². The van der Waals surface area contributed by atoms with Crippen molar-refractivity contribution in [3.63, 3.8) is 0 Å². The van der Waals surface area contributed by atoms with Crippen LogP contribution in [0.15, 0.2) is 73.1 Å². The molecule has 2 aromatic heterocycles. The van der Waals surface area contributed by atoms with Crippen LogP contribution in [0.25, 0.3) is 11.4 Å². The summed E-state index contributed by atoms with van der Waals surface area (Å²) in [6.45, 7) is 0.630. The zero-order valence-electron chi connectivity index (χ0n) is 17.9. The monoisotopic (exact) mass is 432 g/mol. The van der Waals surface area contributed by atoms with E-state index in [0.29, 0.717) is 13.1 Å². The maximum Gasteiger partial charge on any atom is 0.315 e. The Morgan fingerprint density at radius 2 is 1.12 bits per heavy atom. The average Bonchev–Trinajstić information content (AvgIpc) is 3.51. The smallest absolute Gasteiger partial charge is 0.315 e. The highest BCUT2D eigenvalue weighted by molar-refractivity contribution is 5.73. The lowest BCUT2D eigenvalue weighted by atomic mass is 10.3. The van der Waals surface area contributed by atoms with Crippen LogP contribution in [0.3, 0.4) is 0 Å². The fourth-order valence-corrected chi connectivity index (χ4v) is 3.07. The number of methoxy groups -OCH3 is 2. The summed E-state index contributed by atoms with van der Waals surface area (Å²) in [4.78, 5) is 12.2. The Bertz CT molecular complexity index is 1070. The minimum atomic E-state index is -0.289. The molecule has 0 aliphatic carbocycles. The molecule has 2 amide bonds. The molecule has 0 radical (unpaired) electrons. The summed E-state index contributed by atoms with van der Waals surface area (Å²) in [6, 6.07) is 18.6. The standard InChI is InChI=1S/C23H24N6O3/c1-31-21-7-3-19(4-8-21)28-13-11-17(26-28)15-24-23(30)25-16-18-12-14-29(27-18)20-5-9-22(32-2)10-6-20/h3-14H,15-16H2,1-2H3,(H2,24,25,30). The third kappa shape index (κ3) is 5.07. The molecule has 0 aliphatic rings. The summed E-state index contributed by atoms with van der Waals surface area (Å²) in [7, 11) is 3.26. The van der Waals surface area contributed by atoms with Gasteiger partial charge >= 0.3 is 6.03 Å². The lowest BCUT2D eigenvalue weighted by Gasteiger charge is -2.06. The van der Waals surface area contributed by atoms with Crippen molar-refractivity contribution in [2.45, 2.75) is 13.1 Å². The van der Waals surface area contributed by atoms with E-state index in [1.165, 1.54) is 0 Å². The molecule has 4 rings (SSSR count). The number of aromatic nitrogens is 4. The number of ether oxygens (including phenoxy) is 2. The summed E-state index contributed by atoms with van der Waals surface area (Å²) in [5.41, 5.74) is 3.32. The molecule has 32 heavy (non-hydrogen) atoms. The minimum absolute atomic E-state index is 0.289. The molecule has 2 aromatic carbocycles. The molecule has 0 unspecified atom stereocenters. The molecule has 0 spiro atoms. The summed E-state index contributed by atoms with van der Waals surface area (Å²) < 4.78 is 13.8. The number of nitrogens with zero attached hydrogens (tertiary/aromatic N) is 4. The van der Waals surface area contributed by atoms with E-state index in [1.54, 1.807) is 23.6 Å². The van der Waals surface area contributed by atoms with E-state index < -0.39 is 0 Å². The first-order valence-electron chi connectivity index (χ1n) is 10.0. The number of carbonyl (C=O) groups excluding carboxylic acids is 1. The van der Waals surface area contributed by atoms with E-state index in [0.717, 1.165) is 34.3 Å². The van der Waals surface area contributed by atoms with Gasteiger partial charge in [-0.1, -0.05) is 0 Å². The average molecular weight is 432 g/mol. The van der Waals surface area contributed by atoms with Crippen LogP contribution in [0, 0.1) is 0 Å². The van der Waals surface area contributed by atoms with Crippen LogP contribution in [-0.2, 0) is 13.1 Å². The van der Waals surface area contributed by atoms with Gasteiger partial charge in [0.1, 0.15) is 11.5 Å². The molecule has 0 atom stereocenters. The third-order valence-corrected chi connectivity index (χ3v) is 4.82. The first-order valence-corrected chi connectivity index (χ1v) is 10.0. The molecular formula is C23H24N6O3. The fraction of sp³-hybridized carbons (Fsp3) is 0.174. The molecule has 0 aliphatic heterocycles. The van der Waals surface area contributed by atoms with Gasteiger partial charge in [-0.05, 0) is 60.7 Å². The second-order valence-corrected chi connectivity index (χ2v) is 6.94. The Morgan fingerprint density at radius 3 is 1.50 bits per heavy atom. The minimum Gasteiger partial charge on any atom is -0.497 e. The number of rotatable bonds is 8. The van der Waals surface area contributed by atoms with Gasteiger partial charge in [0.05, 0.1) is 50.1 Å². The summed E-state index contributed by atoms with van der Waals surface area (Å²) in [5, 5.41) is 14.6. The Balaban J connectivity index is 1.26. The molecular weight excluding hydrogens is 408 g/mol.